The lowest BCUT2D eigenvalue weighted by molar-refractivity contribution is -0.128. The number of carbonyl (C=O) groups is 1. The normalized spacial score (nSPS) is 14.8. The maximum atomic E-state index is 13.1. The monoisotopic (exact) mass is 399 g/mol. The van der Waals surface area contributed by atoms with Crippen LogP contribution in [0.25, 0.3) is 5.69 Å². The average Bonchev–Trinajstić information content (AvgIpc) is 2.74. The standard InChI is InChI=1S/C22H26FN3O3/c1-2-19(22(28)24-15-14-16-6-4-3-5-7-16)29-20-12-13-21(27)26(25-20)18-10-8-17(23)9-11-18/h6,8-13,19H,2-5,7,14-15H2,1H3,(H,24,28). The fourth-order valence-corrected chi connectivity index (χ4v) is 3.28. The molecule has 154 valence electrons. The summed E-state index contributed by atoms with van der Waals surface area (Å²) in [5.74, 6) is -0.447. The van der Waals surface area contributed by atoms with Gasteiger partial charge in [0.05, 0.1) is 5.69 Å². The van der Waals surface area contributed by atoms with Crippen molar-refractivity contribution in [3.63, 3.8) is 0 Å². The van der Waals surface area contributed by atoms with Crippen molar-refractivity contribution >= 4 is 5.91 Å². The number of nitrogens with zero attached hydrogens (tertiary/aromatic N) is 2. The summed E-state index contributed by atoms with van der Waals surface area (Å²) in [6.07, 6.45) is 7.58. The fraction of sp³-hybridized carbons (Fsp3) is 0.409. The van der Waals surface area contributed by atoms with E-state index >= 15 is 0 Å². The molecule has 0 aliphatic heterocycles. The van der Waals surface area contributed by atoms with E-state index in [0.29, 0.717) is 18.7 Å². The van der Waals surface area contributed by atoms with Crippen LogP contribution >= 0.6 is 0 Å². The van der Waals surface area contributed by atoms with Gasteiger partial charge in [0.2, 0.25) is 5.88 Å². The van der Waals surface area contributed by atoms with Crippen molar-refractivity contribution in [2.45, 2.75) is 51.6 Å². The number of benzene rings is 1. The van der Waals surface area contributed by atoms with E-state index in [9.17, 15) is 14.0 Å². The highest BCUT2D eigenvalue weighted by atomic mass is 19.1. The molecule has 1 unspecified atom stereocenters. The Hall–Kier alpha value is -2.96. The number of hydrogen-bond donors (Lipinski definition) is 1. The summed E-state index contributed by atoms with van der Waals surface area (Å²) in [4.78, 5) is 24.6. The van der Waals surface area contributed by atoms with Gasteiger partial charge in [-0.1, -0.05) is 18.6 Å². The molecule has 1 heterocycles. The number of nitrogens with one attached hydrogen (secondary N) is 1. The third-order valence-corrected chi connectivity index (χ3v) is 4.90. The molecule has 1 aliphatic carbocycles. The largest absolute Gasteiger partial charge is 0.463 e. The van der Waals surface area contributed by atoms with Crippen LogP contribution in [0.5, 0.6) is 5.88 Å². The van der Waals surface area contributed by atoms with Crippen molar-refractivity contribution in [3.05, 3.63) is 64.2 Å². The third-order valence-electron chi connectivity index (χ3n) is 4.90. The molecule has 0 saturated heterocycles. The Labute approximate surface area is 169 Å². The van der Waals surface area contributed by atoms with Gasteiger partial charge in [-0.15, -0.1) is 5.10 Å². The fourth-order valence-electron chi connectivity index (χ4n) is 3.28. The maximum absolute atomic E-state index is 13.1. The van der Waals surface area contributed by atoms with E-state index < -0.39 is 11.9 Å². The Morgan fingerprint density at radius 1 is 1.24 bits per heavy atom. The summed E-state index contributed by atoms with van der Waals surface area (Å²) in [6.45, 7) is 2.43. The molecule has 6 nitrogen and oxygen atoms in total. The number of halogens is 1. The van der Waals surface area contributed by atoms with Crippen molar-refractivity contribution in [1.29, 1.82) is 0 Å². The van der Waals surface area contributed by atoms with Gasteiger partial charge in [0.25, 0.3) is 11.5 Å². The zero-order valence-electron chi connectivity index (χ0n) is 16.6. The molecule has 2 aromatic rings. The van der Waals surface area contributed by atoms with Gasteiger partial charge in [0.15, 0.2) is 6.10 Å². The lowest BCUT2D eigenvalue weighted by Gasteiger charge is -2.18. The molecule has 1 N–H and O–H groups in total. The molecule has 1 aromatic carbocycles. The summed E-state index contributed by atoms with van der Waals surface area (Å²) in [5, 5.41) is 7.09. The van der Waals surface area contributed by atoms with Crippen molar-refractivity contribution in [1.82, 2.24) is 15.1 Å². The lowest BCUT2D eigenvalue weighted by atomic mass is 9.97. The molecular weight excluding hydrogens is 373 g/mol. The molecular formula is C22H26FN3O3. The molecule has 1 amide bonds. The molecule has 29 heavy (non-hydrogen) atoms. The minimum atomic E-state index is -0.706. The summed E-state index contributed by atoms with van der Waals surface area (Å²) < 4.78 is 20.0. The molecule has 1 aliphatic rings. The van der Waals surface area contributed by atoms with Gasteiger partial charge in [0.1, 0.15) is 5.82 Å². The quantitative estimate of drug-likeness (QED) is 0.689. The van der Waals surface area contributed by atoms with Crippen LogP contribution in [0.4, 0.5) is 4.39 Å². The van der Waals surface area contributed by atoms with Crippen LogP contribution in [0.15, 0.2) is 52.8 Å². The van der Waals surface area contributed by atoms with Gasteiger partial charge in [0, 0.05) is 18.7 Å². The van der Waals surface area contributed by atoms with Crippen LogP contribution in [0.3, 0.4) is 0 Å². The second-order valence-electron chi connectivity index (χ2n) is 7.06. The minimum absolute atomic E-state index is 0.158. The number of aromatic nitrogens is 2. The SMILES string of the molecule is CCC(Oc1ccc(=O)n(-c2ccc(F)cc2)n1)C(=O)NCCC1=CCCCC1. The van der Waals surface area contributed by atoms with E-state index in [2.05, 4.69) is 16.5 Å². The lowest BCUT2D eigenvalue weighted by Crippen LogP contribution is -2.39. The van der Waals surface area contributed by atoms with Gasteiger partial charge in [-0.05, 0) is 62.8 Å². The van der Waals surface area contributed by atoms with Gasteiger partial charge in [-0.3, -0.25) is 9.59 Å². The first kappa shape index (κ1) is 20.8. The molecule has 0 radical (unpaired) electrons. The molecule has 1 aromatic heterocycles. The van der Waals surface area contributed by atoms with Crippen molar-refractivity contribution in [2.75, 3.05) is 6.54 Å². The van der Waals surface area contributed by atoms with Crippen LogP contribution < -0.4 is 15.6 Å². The van der Waals surface area contributed by atoms with Crippen LogP contribution in [0, 0.1) is 5.82 Å². The third kappa shape index (κ3) is 5.76. The van der Waals surface area contributed by atoms with Gasteiger partial charge in [-0.2, -0.15) is 4.68 Å². The summed E-state index contributed by atoms with van der Waals surface area (Å²) in [5.41, 5.74) is 1.45. The Balaban J connectivity index is 1.63. The van der Waals surface area contributed by atoms with E-state index in [0.717, 1.165) is 23.9 Å². The van der Waals surface area contributed by atoms with Crippen LogP contribution in [-0.4, -0.2) is 28.3 Å². The Morgan fingerprint density at radius 2 is 2.03 bits per heavy atom. The Bertz CT molecular complexity index is 922. The van der Waals surface area contributed by atoms with E-state index in [1.807, 2.05) is 6.92 Å². The first-order valence-corrected chi connectivity index (χ1v) is 10.1. The molecule has 0 spiro atoms. The van der Waals surface area contributed by atoms with Crippen molar-refractivity contribution in [2.24, 2.45) is 0 Å². The highest BCUT2D eigenvalue weighted by Crippen LogP contribution is 2.19. The summed E-state index contributed by atoms with van der Waals surface area (Å²) in [7, 11) is 0. The molecule has 3 rings (SSSR count). The number of carbonyl (C=O) groups excluding carboxylic acids is 1. The predicted molar refractivity (Wildman–Crippen MR) is 109 cm³/mol. The zero-order chi connectivity index (χ0) is 20.6. The summed E-state index contributed by atoms with van der Waals surface area (Å²) in [6, 6.07) is 8.16. The van der Waals surface area contributed by atoms with Crippen LogP contribution in [0.2, 0.25) is 0 Å². The summed E-state index contributed by atoms with van der Waals surface area (Å²) >= 11 is 0. The van der Waals surface area contributed by atoms with Gasteiger partial charge >= 0.3 is 0 Å². The average molecular weight is 399 g/mol. The Morgan fingerprint density at radius 3 is 2.72 bits per heavy atom. The van der Waals surface area contributed by atoms with Crippen LogP contribution in [0.1, 0.15) is 45.4 Å². The smallest absolute Gasteiger partial charge is 0.271 e. The van der Waals surface area contributed by atoms with E-state index in [1.54, 1.807) is 0 Å². The molecule has 1 atom stereocenters. The topological polar surface area (TPSA) is 73.2 Å². The molecule has 0 fully saturated rings. The molecule has 0 bridgehead atoms. The minimum Gasteiger partial charge on any atom is -0.463 e. The number of ether oxygens (including phenoxy) is 1. The second kappa shape index (κ2) is 10.0. The first-order valence-electron chi connectivity index (χ1n) is 10.1. The number of hydrogen-bond acceptors (Lipinski definition) is 4. The van der Waals surface area contributed by atoms with E-state index in [1.165, 1.54) is 54.8 Å². The molecule has 0 saturated carbocycles. The Kier molecular flexibility index (Phi) is 7.16. The highest BCUT2D eigenvalue weighted by Gasteiger charge is 2.19. The zero-order valence-corrected chi connectivity index (χ0v) is 16.6. The first-order chi connectivity index (χ1) is 14.1. The maximum Gasteiger partial charge on any atom is 0.271 e. The molecule has 7 heteroatoms. The number of amides is 1. The van der Waals surface area contributed by atoms with Crippen molar-refractivity contribution in [3.8, 4) is 11.6 Å². The highest BCUT2D eigenvalue weighted by molar-refractivity contribution is 5.81. The predicted octanol–water partition coefficient (Wildman–Crippen LogP) is 3.54. The van der Waals surface area contributed by atoms with Gasteiger partial charge in [-0.25, -0.2) is 4.39 Å². The second-order valence-corrected chi connectivity index (χ2v) is 7.06. The number of rotatable bonds is 8. The van der Waals surface area contributed by atoms with Crippen molar-refractivity contribution < 1.29 is 13.9 Å². The van der Waals surface area contributed by atoms with E-state index in [-0.39, 0.29) is 17.3 Å². The number of allylic oxidation sites excluding steroid dienone is 1. The van der Waals surface area contributed by atoms with Gasteiger partial charge < -0.3 is 10.1 Å². The van der Waals surface area contributed by atoms with E-state index in [4.69, 9.17) is 4.74 Å². The van der Waals surface area contributed by atoms with Crippen LogP contribution in [-0.2, 0) is 4.79 Å².